The fourth-order valence-corrected chi connectivity index (χ4v) is 1.81. The molecule has 0 aliphatic carbocycles. The molecule has 6 heteroatoms. The van der Waals surface area contributed by atoms with E-state index in [0.29, 0.717) is 16.9 Å². The number of halogens is 1. The summed E-state index contributed by atoms with van der Waals surface area (Å²) < 4.78 is 0. The number of hydrogen-bond acceptors (Lipinski definition) is 3. The Morgan fingerprint density at radius 3 is 2.65 bits per heavy atom. The van der Waals surface area contributed by atoms with Gasteiger partial charge in [-0.2, -0.15) is 5.10 Å². The number of nitrogens with one attached hydrogen (secondary N) is 2. The van der Waals surface area contributed by atoms with E-state index < -0.39 is 0 Å². The van der Waals surface area contributed by atoms with Gasteiger partial charge >= 0.3 is 0 Å². The van der Waals surface area contributed by atoms with Gasteiger partial charge in [0, 0.05) is 5.56 Å². The van der Waals surface area contributed by atoms with Crippen molar-refractivity contribution in [1.29, 1.82) is 0 Å². The minimum absolute atomic E-state index is 0.179. The summed E-state index contributed by atoms with van der Waals surface area (Å²) in [5, 5.41) is 6.14. The number of hydrogen-bond donors (Lipinski definition) is 2. The van der Waals surface area contributed by atoms with Gasteiger partial charge in [0.15, 0.2) is 5.15 Å². The van der Waals surface area contributed by atoms with Gasteiger partial charge in [-0.05, 0) is 0 Å². The van der Waals surface area contributed by atoms with Crippen molar-refractivity contribution >= 4 is 22.6 Å². The number of imidazole rings is 1. The van der Waals surface area contributed by atoms with Crippen molar-refractivity contribution in [2.75, 3.05) is 0 Å². The highest BCUT2D eigenvalue weighted by Crippen LogP contribution is 2.21. The number of nitrogens with zero attached hydrogens (tertiary/aromatic N) is 2. The summed E-state index contributed by atoms with van der Waals surface area (Å²) in [4.78, 5) is 18.7. The molecule has 84 valence electrons. The van der Waals surface area contributed by atoms with Crippen LogP contribution in [-0.4, -0.2) is 20.2 Å². The molecule has 0 amide bonds. The molecule has 2 heterocycles. The average molecular weight is 247 g/mol. The first-order valence-corrected chi connectivity index (χ1v) is 5.33. The molecule has 3 rings (SSSR count). The summed E-state index contributed by atoms with van der Waals surface area (Å²) in [7, 11) is 0. The lowest BCUT2D eigenvalue weighted by Crippen LogP contribution is -2.08. The van der Waals surface area contributed by atoms with Crippen LogP contribution in [0.4, 0.5) is 0 Å². The lowest BCUT2D eigenvalue weighted by Gasteiger charge is -1.93. The smallest absolute Gasteiger partial charge is 0.290 e. The molecule has 0 atom stereocenters. The van der Waals surface area contributed by atoms with Crippen molar-refractivity contribution in [1.82, 2.24) is 20.2 Å². The zero-order valence-corrected chi connectivity index (χ0v) is 9.32. The van der Waals surface area contributed by atoms with E-state index in [0.717, 1.165) is 5.56 Å². The molecule has 0 saturated carbocycles. The van der Waals surface area contributed by atoms with Crippen molar-refractivity contribution in [3.63, 3.8) is 0 Å². The van der Waals surface area contributed by atoms with Crippen molar-refractivity contribution in [2.24, 2.45) is 0 Å². The molecule has 0 bridgehead atoms. The molecule has 17 heavy (non-hydrogen) atoms. The van der Waals surface area contributed by atoms with Crippen molar-refractivity contribution in [3.05, 3.63) is 45.8 Å². The SMILES string of the molecule is O=c1[nH]nc(Cl)c2nc(-c3ccccc3)[nH]c12. The van der Waals surface area contributed by atoms with Crippen LogP contribution in [0, 0.1) is 0 Å². The van der Waals surface area contributed by atoms with Crippen LogP contribution in [0.3, 0.4) is 0 Å². The highest BCUT2D eigenvalue weighted by atomic mass is 35.5. The number of H-pyrrole nitrogens is 2. The van der Waals surface area contributed by atoms with E-state index in [-0.39, 0.29) is 10.7 Å². The van der Waals surface area contributed by atoms with Gasteiger partial charge in [0.25, 0.3) is 5.56 Å². The topological polar surface area (TPSA) is 74.4 Å². The molecule has 2 aromatic heterocycles. The summed E-state index contributed by atoms with van der Waals surface area (Å²) in [6, 6.07) is 9.49. The van der Waals surface area contributed by atoms with Crippen LogP contribution in [0.15, 0.2) is 35.1 Å². The Balaban J connectivity index is 2.31. The molecule has 0 aliphatic heterocycles. The van der Waals surface area contributed by atoms with Gasteiger partial charge in [-0.15, -0.1) is 0 Å². The Morgan fingerprint density at radius 1 is 1.18 bits per heavy atom. The van der Waals surface area contributed by atoms with Gasteiger partial charge in [0.2, 0.25) is 0 Å². The van der Waals surface area contributed by atoms with Gasteiger partial charge in [0.05, 0.1) is 0 Å². The summed E-state index contributed by atoms with van der Waals surface area (Å²) in [5.74, 6) is 0.598. The van der Waals surface area contributed by atoms with Crippen LogP contribution in [0.1, 0.15) is 0 Å². The molecular weight excluding hydrogens is 240 g/mol. The third-order valence-corrected chi connectivity index (χ3v) is 2.69. The molecule has 0 unspecified atom stereocenters. The summed E-state index contributed by atoms with van der Waals surface area (Å²) in [5.41, 5.74) is 1.27. The van der Waals surface area contributed by atoms with Crippen LogP contribution in [0.2, 0.25) is 5.15 Å². The van der Waals surface area contributed by atoms with E-state index in [9.17, 15) is 4.79 Å². The highest BCUT2D eigenvalue weighted by molar-refractivity contribution is 6.33. The maximum absolute atomic E-state index is 11.5. The molecule has 2 N–H and O–H groups in total. The molecule has 0 spiro atoms. The second-order valence-corrected chi connectivity index (χ2v) is 3.88. The summed E-state index contributed by atoms with van der Waals surface area (Å²) >= 11 is 5.87. The monoisotopic (exact) mass is 246 g/mol. The molecule has 0 aliphatic rings. The Hall–Kier alpha value is -2.14. The van der Waals surface area contributed by atoms with E-state index in [1.807, 2.05) is 30.3 Å². The van der Waals surface area contributed by atoms with Crippen molar-refractivity contribution in [2.45, 2.75) is 0 Å². The normalized spacial score (nSPS) is 10.9. The lowest BCUT2D eigenvalue weighted by atomic mass is 10.2. The maximum atomic E-state index is 11.5. The van der Waals surface area contributed by atoms with E-state index in [1.165, 1.54) is 0 Å². The third-order valence-electron chi connectivity index (χ3n) is 2.43. The van der Waals surface area contributed by atoms with Crippen LogP contribution in [-0.2, 0) is 0 Å². The lowest BCUT2D eigenvalue weighted by molar-refractivity contribution is 1.01. The van der Waals surface area contributed by atoms with Gasteiger partial charge in [-0.25, -0.2) is 10.1 Å². The molecule has 0 saturated heterocycles. The van der Waals surface area contributed by atoms with Gasteiger partial charge in [-0.1, -0.05) is 41.9 Å². The summed E-state index contributed by atoms with van der Waals surface area (Å²) in [6.45, 7) is 0. The van der Waals surface area contributed by atoms with E-state index >= 15 is 0 Å². The second kappa shape index (κ2) is 3.71. The van der Waals surface area contributed by atoms with Crippen LogP contribution >= 0.6 is 11.6 Å². The van der Waals surface area contributed by atoms with E-state index in [1.54, 1.807) is 0 Å². The van der Waals surface area contributed by atoms with E-state index in [4.69, 9.17) is 11.6 Å². The Morgan fingerprint density at radius 2 is 1.94 bits per heavy atom. The fourth-order valence-electron chi connectivity index (χ4n) is 1.63. The van der Waals surface area contributed by atoms with Crippen molar-refractivity contribution in [3.8, 4) is 11.4 Å². The second-order valence-electron chi connectivity index (χ2n) is 3.52. The minimum atomic E-state index is -0.334. The van der Waals surface area contributed by atoms with Crippen LogP contribution in [0.5, 0.6) is 0 Å². The minimum Gasteiger partial charge on any atom is -0.333 e. The van der Waals surface area contributed by atoms with Gasteiger partial charge < -0.3 is 4.98 Å². The van der Waals surface area contributed by atoms with Crippen molar-refractivity contribution < 1.29 is 0 Å². The zero-order chi connectivity index (χ0) is 11.8. The first-order valence-electron chi connectivity index (χ1n) is 4.95. The summed E-state index contributed by atoms with van der Waals surface area (Å²) in [6.07, 6.45) is 0. The Labute approximate surface area is 100 Å². The average Bonchev–Trinajstić information content (AvgIpc) is 2.81. The van der Waals surface area contributed by atoms with Gasteiger partial charge in [-0.3, -0.25) is 4.79 Å². The number of rotatable bonds is 1. The molecule has 5 nitrogen and oxygen atoms in total. The molecule has 3 aromatic rings. The number of benzene rings is 1. The first kappa shape index (κ1) is 10.0. The predicted molar refractivity (Wildman–Crippen MR) is 65.0 cm³/mol. The third kappa shape index (κ3) is 1.60. The van der Waals surface area contributed by atoms with E-state index in [2.05, 4.69) is 20.2 Å². The highest BCUT2D eigenvalue weighted by Gasteiger charge is 2.11. The Bertz CT molecular complexity index is 732. The predicted octanol–water partition coefficient (Wildman–Crippen LogP) is 1.97. The maximum Gasteiger partial charge on any atom is 0.290 e. The van der Waals surface area contributed by atoms with Crippen LogP contribution < -0.4 is 5.56 Å². The number of aromatic amines is 2. The zero-order valence-electron chi connectivity index (χ0n) is 8.57. The van der Waals surface area contributed by atoms with Crippen LogP contribution in [0.25, 0.3) is 22.4 Å². The standard InChI is InChI=1S/C11H7ClN4O/c12-9-7-8(11(17)16-15-9)14-10(13-7)6-4-2-1-3-5-6/h1-5H,(H,13,14)(H,16,17). The number of fused-ring (bicyclic) bond motifs is 1. The van der Waals surface area contributed by atoms with Gasteiger partial charge in [0.1, 0.15) is 16.9 Å². The quantitative estimate of drug-likeness (QED) is 0.689. The largest absolute Gasteiger partial charge is 0.333 e. The molecular formula is C11H7ClN4O. The first-order chi connectivity index (χ1) is 8.25. The molecule has 0 fully saturated rings. The number of aromatic nitrogens is 4. The Kier molecular flexibility index (Phi) is 2.19. The molecule has 1 aromatic carbocycles. The fraction of sp³-hybridized carbons (Fsp3) is 0. The molecule has 0 radical (unpaired) electrons.